The van der Waals surface area contributed by atoms with Crippen LogP contribution in [0.1, 0.15) is 42.9 Å². The van der Waals surface area contributed by atoms with E-state index in [1.54, 1.807) is 7.11 Å². The van der Waals surface area contributed by atoms with E-state index in [0.29, 0.717) is 6.42 Å². The summed E-state index contributed by atoms with van der Waals surface area (Å²) < 4.78 is 5.72. The lowest BCUT2D eigenvalue weighted by molar-refractivity contribution is -0.122. The third-order valence-electron chi connectivity index (χ3n) is 7.10. The van der Waals surface area contributed by atoms with Gasteiger partial charge in [0.1, 0.15) is 5.75 Å². The molecule has 1 N–H and O–H groups in total. The summed E-state index contributed by atoms with van der Waals surface area (Å²) in [4.78, 5) is 19.8. The first kappa shape index (κ1) is 21.7. The van der Waals surface area contributed by atoms with Gasteiger partial charge in [-0.1, -0.05) is 48.9 Å². The number of amides is 1. The monoisotopic (exact) mass is 441 g/mol. The van der Waals surface area contributed by atoms with Gasteiger partial charge in [-0.2, -0.15) is 0 Å². The number of rotatable bonds is 5. The molecule has 2 atom stereocenters. The van der Waals surface area contributed by atoms with Crippen molar-refractivity contribution in [1.29, 1.82) is 0 Å². The molecule has 3 heterocycles. The number of likely N-dealkylation sites (tertiary alicyclic amines) is 1. The number of hydrogen-bond acceptors (Lipinski definition) is 4. The van der Waals surface area contributed by atoms with Crippen molar-refractivity contribution in [3.05, 3.63) is 84.2 Å². The molecule has 2 aliphatic rings. The number of hydrogen-bond donors (Lipinski definition) is 1. The molecule has 0 radical (unpaired) electrons. The zero-order chi connectivity index (χ0) is 22.7. The minimum Gasteiger partial charge on any atom is -0.496 e. The molecular weight excluding hydrogens is 410 g/mol. The Hall–Kier alpha value is -3.18. The predicted octanol–water partition coefficient (Wildman–Crippen LogP) is 4.79. The Balaban J connectivity index is 1.46. The summed E-state index contributed by atoms with van der Waals surface area (Å²) in [5, 5.41) is 3.43. The highest BCUT2D eigenvalue weighted by Gasteiger charge is 2.49. The van der Waals surface area contributed by atoms with Crippen LogP contribution in [0.2, 0.25) is 0 Å². The van der Waals surface area contributed by atoms with Gasteiger partial charge in [0.15, 0.2) is 0 Å². The molecule has 0 saturated carbocycles. The van der Waals surface area contributed by atoms with Crippen molar-refractivity contribution in [1.82, 2.24) is 15.2 Å². The highest BCUT2D eigenvalue weighted by atomic mass is 16.5. The Kier molecular flexibility index (Phi) is 6.14. The molecule has 1 spiro atoms. The second-order valence-corrected chi connectivity index (χ2v) is 9.28. The molecule has 0 bridgehead atoms. The van der Waals surface area contributed by atoms with Gasteiger partial charge in [-0.05, 0) is 48.2 Å². The fourth-order valence-electron chi connectivity index (χ4n) is 5.55. The van der Waals surface area contributed by atoms with Gasteiger partial charge in [-0.25, -0.2) is 0 Å². The maximum Gasteiger partial charge on any atom is 0.220 e. The molecule has 5 nitrogen and oxygen atoms in total. The van der Waals surface area contributed by atoms with Gasteiger partial charge in [0.05, 0.1) is 12.6 Å². The normalized spacial score (nSPS) is 23.3. The molecular formula is C28H31N3O2. The average molecular weight is 442 g/mol. The average Bonchev–Trinajstić information content (AvgIpc) is 3.08. The number of benzene rings is 2. The zero-order valence-electron chi connectivity index (χ0n) is 19.2. The molecule has 170 valence electrons. The maximum atomic E-state index is 12.6. The molecule has 5 rings (SSSR count). The number of aromatic nitrogens is 1. The summed E-state index contributed by atoms with van der Waals surface area (Å²) in [5.74, 6) is 1.23. The van der Waals surface area contributed by atoms with Crippen molar-refractivity contribution < 1.29 is 9.53 Å². The molecule has 1 aromatic heterocycles. The van der Waals surface area contributed by atoms with E-state index in [9.17, 15) is 4.79 Å². The highest BCUT2D eigenvalue weighted by Crippen LogP contribution is 2.41. The quantitative estimate of drug-likeness (QED) is 0.619. The SMILES string of the molecule is COc1ccc(-c2ccccc2)cc1CN1C[C@@H](c2ccccn2)[C@@]2(CCCCC(=O)N2)C1. The van der Waals surface area contributed by atoms with Crippen molar-refractivity contribution in [2.24, 2.45) is 0 Å². The van der Waals surface area contributed by atoms with Crippen LogP contribution in [0.25, 0.3) is 11.1 Å². The standard InChI is InChI=1S/C28H31N3O2/c1-33-26-14-13-22(21-9-3-2-4-10-21)17-23(26)18-31-19-24(25-11-6-8-16-29-25)28(20-31)15-7-5-12-27(32)30-28/h2-4,6,8-11,13-14,16-17,24H,5,7,12,15,18-20H2,1H3,(H,30,32)/t24-,28+/m0/s1. The molecule has 2 aromatic carbocycles. The lowest BCUT2D eigenvalue weighted by Gasteiger charge is -2.34. The summed E-state index contributed by atoms with van der Waals surface area (Å²) >= 11 is 0. The minimum absolute atomic E-state index is 0.166. The van der Waals surface area contributed by atoms with Crippen molar-refractivity contribution >= 4 is 5.91 Å². The van der Waals surface area contributed by atoms with Gasteiger partial charge in [-0.3, -0.25) is 14.7 Å². The minimum atomic E-state index is -0.272. The van der Waals surface area contributed by atoms with Crippen LogP contribution in [0.5, 0.6) is 5.75 Å². The van der Waals surface area contributed by atoms with Crippen LogP contribution in [0, 0.1) is 0 Å². The van der Waals surface area contributed by atoms with E-state index in [0.717, 1.165) is 55.9 Å². The summed E-state index contributed by atoms with van der Waals surface area (Å²) in [6.07, 6.45) is 5.47. The van der Waals surface area contributed by atoms with Gasteiger partial charge >= 0.3 is 0 Å². The summed E-state index contributed by atoms with van der Waals surface area (Å²) in [6.45, 7) is 2.44. The Morgan fingerprint density at radius 2 is 1.91 bits per heavy atom. The van der Waals surface area contributed by atoms with Crippen molar-refractivity contribution in [3.63, 3.8) is 0 Å². The fourth-order valence-corrected chi connectivity index (χ4v) is 5.55. The first-order chi connectivity index (χ1) is 16.2. The lowest BCUT2D eigenvalue weighted by Crippen LogP contribution is -2.52. The van der Waals surface area contributed by atoms with Crippen LogP contribution in [-0.4, -0.2) is 41.5 Å². The Morgan fingerprint density at radius 3 is 2.70 bits per heavy atom. The third kappa shape index (κ3) is 4.51. The largest absolute Gasteiger partial charge is 0.496 e. The van der Waals surface area contributed by atoms with E-state index < -0.39 is 0 Å². The van der Waals surface area contributed by atoms with E-state index >= 15 is 0 Å². The molecule has 2 fully saturated rings. The predicted molar refractivity (Wildman–Crippen MR) is 130 cm³/mol. The maximum absolute atomic E-state index is 12.6. The van der Waals surface area contributed by atoms with Gasteiger partial charge in [0.2, 0.25) is 5.91 Å². The van der Waals surface area contributed by atoms with E-state index in [2.05, 4.69) is 58.7 Å². The molecule has 33 heavy (non-hydrogen) atoms. The second-order valence-electron chi connectivity index (χ2n) is 9.28. The smallest absolute Gasteiger partial charge is 0.220 e. The number of ether oxygens (including phenoxy) is 1. The molecule has 2 aliphatic heterocycles. The van der Waals surface area contributed by atoms with Crippen LogP contribution in [-0.2, 0) is 11.3 Å². The Labute approximate surface area is 195 Å². The van der Waals surface area contributed by atoms with E-state index in [1.807, 2.05) is 24.4 Å². The molecule has 5 heteroatoms. The van der Waals surface area contributed by atoms with Crippen LogP contribution >= 0.6 is 0 Å². The molecule has 3 aromatic rings. The van der Waals surface area contributed by atoms with Gasteiger partial charge in [0.25, 0.3) is 0 Å². The highest BCUT2D eigenvalue weighted by molar-refractivity contribution is 5.77. The first-order valence-corrected chi connectivity index (χ1v) is 11.8. The second kappa shape index (κ2) is 9.36. The van der Waals surface area contributed by atoms with Crippen molar-refractivity contribution in [2.75, 3.05) is 20.2 Å². The van der Waals surface area contributed by atoms with Crippen LogP contribution in [0.4, 0.5) is 0 Å². The number of nitrogens with zero attached hydrogens (tertiary/aromatic N) is 2. The van der Waals surface area contributed by atoms with Crippen LogP contribution in [0.3, 0.4) is 0 Å². The van der Waals surface area contributed by atoms with Crippen LogP contribution < -0.4 is 10.1 Å². The number of methoxy groups -OCH3 is 1. The fraction of sp³-hybridized carbons (Fsp3) is 0.357. The van der Waals surface area contributed by atoms with E-state index in [4.69, 9.17) is 9.72 Å². The van der Waals surface area contributed by atoms with Crippen LogP contribution in [0.15, 0.2) is 72.9 Å². The lowest BCUT2D eigenvalue weighted by atomic mass is 9.81. The Bertz CT molecular complexity index is 1100. The Morgan fingerprint density at radius 1 is 1.06 bits per heavy atom. The van der Waals surface area contributed by atoms with Gasteiger partial charge < -0.3 is 10.1 Å². The summed E-state index contributed by atoms with van der Waals surface area (Å²) in [6, 6.07) is 23.0. The third-order valence-corrected chi connectivity index (χ3v) is 7.10. The van der Waals surface area contributed by atoms with Crippen molar-refractivity contribution in [3.8, 4) is 16.9 Å². The number of pyridine rings is 1. The van der Waals surface area contributed by atoms with Gasteiger partial charge in [-0.15, -0.1) is 0 Å². The molecule has 0 aliphatic carbocycles. The number of carbonyl (C=O) groups is 1. The molecule has 1 amide bonds. The zero-order valence-corrected chi connectivity index (χ0v) is 19.2. The number of carbonyl (C=O) groups excluding carboxylic acids is 1. The number of nitrogens with one attached hydrogen (secondary N) is 1. The first-order valence-electron chi connectivity index (χ1n) is 11.8. The van der Waals surface area contributed by atoms with Gasteiger partial charge in [0, 0.05) is 49.4 Å². The van der Waals surface area contributed by atoms with E-state index in [1.165, 1.54) is 11.1 Å². The van der Waals surface area contributed by atoms with Crippen molar-refractivity contribution in [2.45, 2.75) is 43.7 Å². The topological polar surface area (TPSA) is 54.5 Å². The molecule has 2 saturated heterocycles. The molecule has 0 unspecified atom stereocenters. The summed E-state index contributed by atoms with van der Waals surface area (Å²) in [5.41, 5.74) is 4.33. The van der Waals surface area contributed by atoms with E-state index in [-0.39, 0.29) is 17.4 Å². The summed E-state index contributed by atoms with van der Waals surface area (Å²) in [7, 11) is 1.73.